The van der Waals surface area contributed by atoms with Crippen LogP contribution in [0.4, 0.5) is 4.39 Å². The summed E-state index contributed by atoms with van der Waals surface area (Å²) in [7, 11) is 1.47. The van der Waals surface area contributed by atoms with Gasteiger partial charge in [0.1, 0.15) is 11.6 Å². The van der Waals surface area contributed by atoms with Gasteiger partial charge in [-0.3, -0.25) is 4.79 Å². The van der Waals surface area contributed by atoms with Gasteiger partial charge in [-0.25, -0.2) is 4.39 Å². The number of rotatable bonds is 6. The summed E-state index contributed by atoms with van der Waals surface area (Å²) in [6.45, 7) is 0. The number of carbonyl (C=O) groups excluding carboxylic acids is 1. The largest absolute Gasteiger partial charge is 0.497 e. The van der Waals surface area contributed by atoms with Crippen molar-refractivity contribution >= 4 is 17.1 Å². The second-order valence-corrected chi connectivity index (χ2v) is 5.23. The minimum absolute atomic E-state index is 0.145. The van der Waals surface area contributed by atoms with Crippen LogP contribution in [0.1, 0.15) is 28.1 Å². The van der Waals surface area contributed by atoms with Gasteiger partial charge in [0.15, 0.2) is 5.78 Å². The van der Waals surface area contributed by atoms with Gasteiger partial charge < -0.3 is 4.74 Å². The number of halogens is 1. The summed E-state index contributed by atoms with van der Waals surface area (Å²) in [5.41, 5.74) is 0.145. The van der Waals surface area contributed by atoms with Gasteiger partial charge in [-0.1, -0.05) is 6.07 Å². The van der Waals surface area contributed by atoms with Crippen molar-refractivity contribution in [1.29, 1.82) is 0 Å². The van der Waals surface area contributed by atoms with Crippen molar-refractivity contribution in [2.45, 2.75) is 19.3 Å². The van der Waals surface area contributed by atoms with Gasteiger partial charge >= 0.3 is 0 Å². The van der Waals surface area contributed by atoms with Crippen molar-refractivity contribution in [1.82, 2.24) is 0 Å². The van der Waals surface area contributed by atoms with Gasteiger partial charge in [0.25, 0.3) is 0 Å². The monoisotopic (exact) mass is 278 g/mol. The Morgan fingerprint density at radius 2 is 2.21 bits per heavy atom. The molecule has 0 aliphatic carbocycles. The molecule has 0 unspecified atom stereocenters. The molecule has 0 amide bonds. The molecule has 0 atom stereocenters. The standard InChI is InChI=1S/C15H15FO2S/c1-18-11-7-8-13(14(16)10-11)15(17)6-2-4-12-5-3-9-19-12/h3,5,7-10H,2,4,6H2,1H3. The summed E-state index contributed by atoms with van der Waals surface area (Å²) >= 11 is 1.68. The minimum Gasteiger partial charge on any atom is -0.497 e. The van der Waals surface area contributed by atoms with Crippen LogP contribution in [-0.4, -0.2) is 12.9 Å². The minimum atomic E-state index is -0.513. The average Bonchev–Trinajstić information content (AvgIpc) is 2.91. The molecule has 1 aromatic heterocycles. The fraction of sp³-hybridized carbons (Fsp3) is 0.267. The Labute approximate surface area is 115 Å². The Hall–Kier alpha value is -1.68. The Morgan fingerprint density at radius 1 is 1.37 bits per heavy atom. The Bertz CT molecular complexity index is 549. The molecule has 1 aromatic carbocycles. The molecule has 0 fully saturated rings. The second kappa shape index (κ2) is 6.48. The summed E-state index contributed by atoms with van der Waals surface area (Å²) in [5.74, 6) is -0.246. The van der Waals surface area contributed by atoms with Crippen LogP contribution in [0.2, 0.25) is 0 Å². The molecule has 4 heteroatoms. The summed E-state index contributed by atoms with van der Waals surface area (Å²) in [6.07, 6.45) is 1.97. The van der Waals surface area contributed by atoms with E-state index in [4.69, 9.17) is 4.74 Å². The highest BCUT2D eigenvalue weighted by Gasteiger charge is 2.12. The molecular formula is C15H15FO2S. The molecule has 0 N–H and O–H groups in total. The number of aryl methyl sites for hydroxylation is 1. The van der Waals surface area contributed by atoms with E-state index in [0.29, 0.717) is 12.2 Å². The van der Waals surface area contributed by atoms with Crippen LogP contribution in [0.3, 0.4) is 0 Å². The Kier molecular flexibility index (Phi) is 4.68. The number of ether oxygens (including phenoxy) is 1. The fourth-order valence-electron chi connectivity index (χ4n) is 1.86. The lowest BCUT2D eigenvalue weighted by atomic mass is 10.0. The number of hydrogen-bond donors (Lipinski definition) is 0. The highest BCUT2D eigenvalue weighted by atomic mass is 32.1. The molecule has 2 rings (SSSR count). The lowest BCUT2D eigenvalue weighted by molar-refractivity contribution is 0.0976. The third-order valence-corrected chi connectivity index (χ3v) is 3.82. The molecule has 2 aromatic rings. The van der Waals surface area contributed by atoms with Gasteiger partial charge in [0, 0.05) is 17.4 Å². The van der Waals surface area contributed by atoms with Crippen LogP contribution in [0.15, 0.2) is 35.7 Å². The summed E-state index contributed by atoms with van der Waals surface area (Å²) in [6, 6.07) is 8.37. The number of benzene rings is 1. The van der Waals surface area contributed by atoms with Crippen molar-refractivity contribution in [2.24, 2.45) is 0 Å². The fourth-order valence-corrected chi connectivity index (χ4v) is 2.61. The maximum atomic E-state index is 13.7. The third kappa shape index (κ3) is 3.64. The normalized spacial score (nSPS) is 10.4. The molecule has 0 radical (unpaired) electrons. The van der Waals surface area contributed by atoms with Gasteiger partial charge in [-0.2, -0.15) is 0 Å². The quantitative estimate of drug-likeness (QED) is 0.744. The van der Waals surface area contributed by atoms with Crippen LogP contribution >= 0.6 is 11.3 Å². The van der Waals surface area contributed by atoms with Crippen LogP contribution < -0.4 is 4.74 Å². The number of hydrogen-bond acceptors (Lipinski definition) is 3. The van der Waals surface area contributed by atoms with Crippen LogP contribution in [0.5, 0.6) is 5.75 Å². The summed E-state index contributed by atoms with van der Waals surface area (Å²) in [5, 5.41) is 2.01. The predicted molar refractivity (Wildman–Crippen MR) is 74.5 cm³/mol. The molecule has 0 aliphatic rings. The van der Waals surface area contributed by atoms with E-state index in [2.05, 4.69) is 0 Å². The summed E-state index contributed by atoms with van der Waals surface area (Å²) < 4.78 is 18.6. The zero-order valence-electron chi connectivity index (χ0n) is 10.7. The van der Waals surface area contributed by atoms with Gasteiger partial charge in [-0.05, 0) is 36.4 Å². The number of thiophene rings is 1. The van der Waals surface area contributed by atoms with Crippen molar-refractivity contribution in [3.63, 3.8) is 0 Å². The molecule has 2 nitrogen and oxygen atoms in total. The number of methoxy groups -OCH3 is 1. The van der Waals surface area contributed by atoms with E-state index in [9.17, 15) is 9.18 Å². The molecule has 0 bridgehead atoms. The maximum absolute atomic E-state index is 13.7. The zero-order chi connectivity index (χ0) is 13.7. The first-order valence-electron chi connectivity index (χ1n) is 6.10. The number of ketones is 1. The van der Waals surface area contributed by atoms with Crippen LogP contribution in [0.25, 0.3) is 0 Å². The first-order valence-corrected chi connectivity index (χ1v) is 6.98. The average molecular weight is 278 g/mol. The van der Waals surface area contributed by atoms with Crippen molar-refractivity contribution < 1.29 is 13.9 Å². The number of Topliss-reactive ketones (excluding diaryl/α,β-unsaturated/α-hetero) is 1. The molecule has 0 aliphatic heterocycles. The van der Waals surface area contributed by atoms with Crippen molar-refractivity contribution in [3.05, 3.63) is 52.0 Å². The highest BCUT2D eigenvalue weighted by Crippen LogP contribution is 2.19. The predicted octanol–water partition coefficient (Wildman–Crippen LogP) is 4.10. The third-order valence-electron chi connectivity index (χ3n) is 2.88. The molecule has 1 heterocycles. The van der Waals surface area contributed by atoms with Crippen LogP contribution in [0, 0.1) is 5.82 Å². The highest BCUT2D eigenvalue weighted by molar-refractivity contribution is 7.09. The van der Waals surface area contributed by atoms with Gasteiger partial charge in [0.05, 0.1) is 12.7 Å². The molecule has 0 saturated carbocycles. The first kappa shape index (κ1) is 13.7. The smallest absolute Gasteiger partial charge is 0.165 e. The van der Waals surface area contributed by atoms with Crippen molar-refractivity contribution in [3.8, 4) is 5.75 Å². The molecule has 0 saturated heterocycles. The molecule has 19 heavy (non-hydrogen) atoms. The lowest BCUT2D eigenvalue weighted by Gasteiger charge is -2.04. The maximum Gasteiger partial charge on any atom is 0.165 e. The topological polar surface area (TPSA) is 26.3 Å². The molecular weight excluding hydrogens is 263 g/mol. The Morgan fingerprint density at radius 3 is 2.84 bits per heavy atom. The van der Waals surface area contributed by atoms with Gasteiger partial charge in [0.2, 0.25) is 0 Å². The van der Waals surface area contributed by atoms with E-state index >= 15 is 0 Å². The zero-order valence-corrected chi connectivity index (χ0v) is 11.5. The lowest BCUT2D eigenvalue weighted by Crippen LogP contribution is -2.03. The second-order valence-electron chi connectivity index (χ2n) is 4.20. The van der Waals surface area contributed by atoms with E-state index < -0.39 is 5.82 Å². The van der Waals surface area contributed by atoms with E-state index in [1.165, 1.54) is 24.1 Å². The number of carbonyl (C=O) groups is 1. The molecule has 0 spiro atoms. The van der Waals surface area contributed by atoms with Crippen molar-refractivity contribution in [2.75, 3.05) is 7.11 Å². The van der Waals surface area contributed by atoms with Crippen LogP contribution in [-0.2, 0) is 6.42 Å². The van der Waals surface area contributed by atoms with E-state index in [1.807, 2.05) is 17.5 Å². The first-order chi connectivity index (χ1) is 9.20. The van der Waals surface area contributed by atoms with Gasteiger partial charge in [-0.15, -0.1) is 11.3 Å². The summed E-state index contributed by atoms with van der Waals surface area (Å²) in [4.78, 5) is 13.2. The molecule has 100 valence electrons. The Balaban J connectivity index is 1.92. The van der Waals surface area contributed by atoms with E-state index in [0.717, 1.165) is 12.8 Å². The SMILES string of the molecule is COc1ccc(C(=O)CCCc2cccs2)c(F)c1. The van der Waals surface area contributed by atoms with E-state index in [1.54, 1.807) is 17.4 Å². The van der Waals surface area contributed by atoms with E-state index in [-0.39, 0.29) is 11.3 Å².